The van der Waals surface area contributed by atoms with Crippen molar-refractivity contribution in [3.63, 3.8) is 0 Å². The highest BCUT2D eigenvalue weighted by molar-refractivity contribution is 7.16. The lowest BCUT2D eigenvalue weighted by Gasteiger charge is -2.45. The molecule has 0 saturated heterocycles. The fourth-order valence-corrected chi connectivity index (χ4v) is 17.4. The minimum Gasteiger partial charge on any atom is -0.457 e. The summed E-state index contributed by atoms with van der Waals surface area (Å²) in [5, 5.41) is 6.64. The van der Waals surface area contributed by atoms with Gasteiger partial charge in [-0.05, 0) is 68.1 Å². The van der Waals surface area contributed by atoms with Crippen molar-refractivity contribution < 1.29 is 4.74 Å². The smallest absolute Gasteiger partial charge is 0.179 e. The normalized spacial score (nSPS) is 20.4. The van der Waals surface area contributed by atoms with Crippen LogP contribution < -0.4 is 20.3 Å². The van der Waals surface area contributed by atoms with Gasteiger partial charge in [-0.3, -0.25) is 0 Å². The van der Waals surface area contributed by atoms with Crippen LogP contribution >= 0.6 is 0 Å². The summed E-state index contributed by atoms with van der Waals surface area (Å²) < 4.78 is 6.62. The van der Waals surface area contributed by atoms with E-state index < -0.39 is 13.5 Å². The molecule has 8 aromatic carbocycles. The van der Waals surface area contributed by atoms with Crippen LogP contribution in [0.25, 0.3) is 33.5 Å². The number of benzene rings is 8. The van der Waals surface area contributed by atoms with Crippen molar-refractivity contribution in [3.8, 4) is 34.1 Å². The monoisotopic (exact) mass is 902 g/mol. The third-order valence-corrected chi connectivity index (χ3v) is 20.8. The third kappa shape index (κ3) is 6.11. The number of allylic oxidation sites excluding steroid dienone is 8. The zero-order valence-electron chi connectivity index (χ0n) is 38.8. The molecule has 1 aliphatic heterocycles. The van der Waals surface area contributed by atoms with Gasteiger partial charge in [-0.2, -0.15) is 0 Å². The number of fused-ring (bicyclic) bond motifs is 10. The van der Waals surface area contributed by atoms with Crippen LogP contribution in [0.2, 0.25) is 0 Å². The third-order valence-electron chi connectivity index (χ3n) is 15.9. The Morgan fingerprint density at radius 1 is 0.522 bits per heavy atom. The van der Waals surface area contributed by atoms with Gasteiger partial charge in [0.2, 0.25) is 0 Å². The number of hydrogen-bond donors (Lipinski definition) is 0. The molecule has 0 bridgehead atoms. The Morgan fingerprint density at radius 2 is 1.10 bits per heavy atom. The Morgan fingerprint density at radius 3 is 1.72 bits per heavy atom. The van der Waals surface area contributed by atoms with Gasteiger partial charge in [0.15, 0.2) is 13.9 Å². The number of ether oxygens (including phenoxy) is 1. The molecule has 2 heterocycles. The van der Waals surface area contributed by atoms with E-state index >= 15 is 0 Å². The Bertz CT molecular complexity index is 3450. The molecule has 3 unspecified atom stereocenters. The summed E-state index contributed by atoms with van der Waals surface area (Å²) in [6.07, 6.45) is 17.6. The van der Waals surface area contributed by atoms with Gasteiger partial charge in [0.05, 0.1) is 16.6 Å². The molecule has 9 aromatic rings. The summed E-state index contributed by atoms with van der Waals surface area (Å²) in [6, 6.07) is 75.3. The van der Waals surface area contributed by atoms with Gasteiger partial charge in [0, 0.05) is 44.4 Å². The lowest BCUT2D eigenvalue weighted by atomic mass is 9.59. The molecule has 3 nitrogen and oxygen atoms in total. The zero-order chi connectivity index (χ0) is 46.2. The molecular weight excluding hydrogens is 853 g/mol. The van der Waals surface area contributed by atoms with Gasteiger partial charge < -0.3 is 4.74 Å². The Labute approximate surface area is 405 Å². The maximum atomic E-state index is 6.62. The van der Waals surface area contributed by atoms with Crippen molar-refractivity contribution in [2.24, 2.45) is 5.92 Å². The fourth-order valence-electron chi connectivity index (χ4n) is 12.6. The molecule has 13 rings (SSSR count). The fraction of sp³-hybridized carbons (Fsp3) is 0.108. The highest BCUT2D eigenvalue weighted by Crippen LogP contribution is 2.66. The predicted octanol–water partition coefficient (Wildman–Crippen LogP) is 13.3. The number of hydrogen-bond acceptors (Lipinski definition) is 3. The Hall–Kier alpha value is -7.92. The lowest BCUT2D eigenvalue weighted by molar-refractivity contribution is 0.329. The quantitative estimate of drug-likeness (QED) is 0.118. The van der Waals surface area contributed by atoms with Gasteiger partial charge in [-0.1, -0.05) is 238 Å². The van der Waals surface area contributed by atoms with Crippen molar-refractivity contribution in [1.29, 1.82) is 0 Å². The van der Waals surface area contributed by atoms with Crippen molar-refractivity contribution in [2.45, 2.75) is 36.5 Å². The van der Waals surface area contributed by atoms with Gasteiger partial charge in [0.1, 0.15) is 11.5 Å². The largest absolute Gasteiger partial charge is 0.457 e. The molecule has 0 fully saturated rings. The van der Waals surface area contributed by atoms with Crippen LogP contribution in [0.4, 0.5) is 0 Å². The average molecular weight is 903 g/mol. The van der Waals surface area contributed by atoms with Gasteiger partial charge in [0.25, 0.3) is 0 Å². The van der Waals surface area contributed by atoms with Crippen LogP contribution in [0.15, 0.2) is 254 Å². The number of para-hydroxylation sites is 3. The maximum Gasteiger partial charge on any atom is 0.179 e. The number of aromatic nitrogens is 2. The molecule has 3 aliphatic carbocycles. The molecule has 330 valence electrons. The molecule has 4 heteroatoms. The van der Waals surface area contributed by atoms with Gasteiger partial charge in [-0.15, -0.1) is 0 Å². The van der Waals surface area contributed by atoms with E-state index in [0.717, 1.165) is 51.5 Å². The van der Waals surface area contributed by atoms with Crippen LogP contribution in [-0.2, 0) is 16.2 Å². The summed E-state index contributed by atoms with van der Waals surface area (Å²) in [4.78, 5) is 10.7. The average Bonchev–Trinajstić information content (AvgIpc) is 3.64. The summed E-state index contributed by atoms with van der Waals surface area (Å²) in [7, 11) is -2.61. The van der Waals surface area contributed by atoms with Crippen molar-refractivity contribution >= 4 is 34.5 Å². The summed E-state index contributed by atoms with van der Waals surface area (Å²) in [6.45, 7) is 4.77. The van der Waals surface area contributed by atoms with E-state index in [1.807, 2.05) is 0 Å². The van der Waals surface area contributed by atoms with E-state index in [2.05, 4.69) is 263 Å². The van der Waals surface area contributed by atoms with Gasteiger partial charge >= 0.3 is 0 Å². The zero-order valence-corrected chi connectivity index (χ0v) is 39.8. The topological polar surface area (TPSA) is 35.0 Å². The minimum absolute atomic E-state index is 0.127. The second-order valence-electron chi connectivity index (χ2n) is 19.6. The molecule has 0 saturated carbocycles. The van der Waals surface area contributed by atoms with E-state index in [1.54, 1.807) is 0 Å². The van der Waals surface area contributed by atoms with Crippen molar-refractivity contribution in [3.05, 3.63) is 282 Å². The molecular formula is C65H50N2OSi. The van der Waals surface area contributed by atoms with E-state index in [1.165, 1.54) is 48.6 Å². The number of rotatable bonds is 7. The molecule has 0 amide bonds. The summed E-state index contributed by atoms with van der Waals surface area (Å²) in [5.74, 6) is 2.68. The van der Waals surface area contributed by atoms with Gasteiger partial charge in [-0.25, -0.2) is 9.97 Å². The molecule has 69 heavy (non-hydrogen) atoms. The predicted molar refractivity (Wildman–Crippen MR) is 286 cm³/mol. The molecule has 4 aliphatic rings. The first-order valence-corrected chi connectivity index (χ1v) is 26.2. The maximum absolute atomic E-state index is 6.62. The summed E-state index contributed by atoms with van der Waals surface area (Å²) in [5.41, 5.74) is 9.32. The van der Waals surface area contributed by atoms with Crippen molar-refractivity contribution in [2.75, 3.05) is 0 Å². The van der Waals surface area contributed by atoms with Crippen LogP contribution in [0.1, 0.15) is 48.1 Å². The number of nitrogens with zero attached hydrogens (tertiary/aromatic N) is 2. The SMILES string of the molecule is CC1(c2ccc(-c3nc(-c4ccc5c(c4)C4(C)C=CC=CC4C54c5ccccc5Oc5ccccc54)nc4ccccc34)cc2)C=CC([Si](c2ccccc2)(c2ccccc2)c2ccccc2)=CC1. The van der Waals surface area contributed by atoms with Crippen molar-refractivity contribution in [1.82, 2.24) is 9.97 Å². The highest BCUT2D eigenvalue weighted by atomic mass is 28.3. The van der Waals surface area contributed by atoms with Crippen LogP contribution in [-0.4, -0.2) is 18.0 Å². The second kappa shape index (κ2) is 15.8. The highest BCUT2D eigenvalue weighted by Gasteiger charge is 2.61. The molecule has 0 N–H and O–H groups in total. The van der Waals surface area contributed by atoms with Crippen LogP contribution in [0.5, 0.6) is 11.5 Å². The molecule has 1 spiro atoms. The Balaban J connectivity index is 0.882. The summed E-state index contributed by atoms with van der Waals surface area (Å²) >= 11 is 0. The first kappa shape index (κ1) is 41.3. The van der Waals surface area contributed by atoms with E-state index in [9.17, 15) is 0 Å². The van der Waals surface area contributed by atoms with E-state index in [0.29, 0.717) is 0 Å². The first-order valence-electron chi connectivity index (χ1n) is 24.2. The van der Waals surface area contributed by atoms with Crippen LogP contribution in [0, 0.1) is 5.92 Å². The lowest BCUT2D eigenvalue weighted by Crippen LogP contribution is -2.68. The second-order valence-corrected chi connectivity index (χ2v) is 23.4. The standard InChI is InChI=1S/C65H50N2OSi/c1-63(42-39-51(40-43-63)69(48-20-6-3-7-21-48,49-22-8-4-9-23-49)50-24-10-5-11-25-50)47-36-33-45(34-37-47)61-52-26-12-15-29-57(52)66-62(67-61)46-35-38-53-56(44-46)64(2)41-19-18-32-60(64)65(53)54-27-13-16-30-58(54)68-59-31-17-14-28-55(59)65/h3-42,44,60H,43H2,1-2H3. The van der Waals surface area contributed by atoms with E-state index in [-0.39, 0.29) is 16.7 Å². The molecule has 3 atom stereocenters. The minimum atomic E-state index is -2.61. The Kier molecular flexibility index (Phi) is 9.47. The molecule has 0 radical (unpaired) electrons. The van der Waals surface area contributed by atoms with E-state index in [4.69, 9.17) is 14.7 Å². The first-order chi connectivity index (χ1) is 33.9. The van der Waals surface area contributed by atoms with Crippen LogP contribution in [0.3, 0.4) is 0 Å². The molecule has 1 aromatic heterocycles.